The summed E-state index contributed by atoms with van der Waals surface area (Å²) in [6, 6.07) is 0. The Morgan fingerprint density at radius 3 is 2.60 bits per heavy atom. The van der Waals surface area contributed by atoms with Crippen molar-refractivity contribution in [3.05, 3.63) is 12.7 Å². The van der Waals surface area contributed by atoms with Crippen LogP contribution < -0.4 is 0 Å². The fourth-order valence-electron chi connectivity index (χ4n) is 1.96. The molecule has 1 fully saturated rings. The molecule has 0 spiro atoms. The summed E-state index contributed by atoms with van der Waals surface area (Å²) in [6.07, 6.45) is 7.63. The van der Waals surface area contributed by atoms with E-state index >= 15 is 0 Å². The molecule has 1 saturated carbocycles. The zero-order chi connectivity index (χ0) is 7.61. The van der Waals surface area contributed by atoms with Gasteiger partial charge in [-0.05, 0) is 30.6 Å². The Labute approximate surface area is 64.3 Å². The number of hydrogen-bond donors (Lipinski definition) is 0. The molecule has 0 bridgehead atoms. The van der Waals surface area contributed by atoms with Crippen molar-refractivity contribution >= 4 is 0 Å². The van der Waals surface area contributed by atoms with Crippen LogP contribution in [-0.4, -0.2) is 0 Å². The minimum atomic E-state index is 0.580. The lowest BCUT2D eigenvalue weighted by Crippen LogP contribution is -2.21. The quantitative estimate of drug-likeness (QED) is 0.487. The predicted octanol–water partition coefficient (Wildman–Crippen LogP) is 3.39. The van der Waals surface area contributed by atoms with Crippen LogP contribution in [-0.2, 0) is 0 Å². The lowest BCUT2D eigenvalue weighted by atomic mass is 9.72. The maximum absolute atomic E-state index is 3.85. The van der Waals surface area contributed by atoms with Crippen molar-refractivity contribution in [1.29, 1.82) is 0 Å². The van der Waals surface area contributed by atoms with Crippen LogP contribution in [0.15, 0.2) is 12.7 Å². The monoisotopic (exact) mass is 138 g/mol. The highest BCUT2D eigenvalue weighted by atomic mass is 14.3. The van der Waals surface area contributed by atoms with E-state index in [9.17, 15) is 0 Å². The Kier molecular flexibility index (Phi) is 2.18. The van der Waals surface area contributed by atoms with Crippen LogP contribution in [0.4, 0.5) is 0 Å². The summed E-state index contributed by atoms with van der Waals surface area (Å²) < 4.78 is 0. The third-order valence-corrected chi connectivity index (χ3v) is 2.58. The molecule has 1 unspecified atom stereocenters. The van der Waals surface area contributed by atoms with E-state index in [1.165, 1.54) is 25.7 Å². The van der Waals surface area contributed by atoms with E-state index in [1.807, 2.05) is 0 Å². The molecule has 1 aliphatic carbocycles. The van der Waals surface area contributed by atoms with E-state index in [0.717, 1.165) is 5.92 Å². The van der Waals surface area contributed by atoms with Crippen molar-refractivity contribution in [2.24, 2.45) is 11.3 Å². The van der Waals surface area contributed by atoms with Gasteiger partial charge in [-0.15, -0.1) is 6.58 Å². The van der Waals surface area contributed by atoms with Gasteiger partial charge in [0.2, 0.25) is 0 Å². The summed E-state index contributed by atoms with van der Waals surface area (Å²) in [6.45, 7) is 8.58. The number of rotatable bonds is 1. The molecule has 0 heteroatoms. The van der Waals surface area contributed by atoms with Gasteiger partial charge in [0.1, 0.15) is 0 Å². The Bertz CT molecular complexity index is 122. The van der Waals surface area contributed by atoms with Crippen molar-refractivity contribution in [1.82, 2.24) is 0 Å². The molecule has 0 aliphatic heterocycles. The minimum absolute atomic E-state index is 0.580. The average Bonchev–Trinajstić information content (AvgIpc) is 1.86. The minimum Gasteiger partial charge on any atom is -0.103 e. The van der Waals surface area contributed by atoms with Crippen LogP contribution in [0.25, 0.3) is 0 Å². The summed E-state index contributed by atoms with van der Waals surface area (Å²) in [7, 11) is 0. The molecule has 1 rings (SSSR count). The van der Waals surface area contributed by atoms with Crippen molar-refractivity contribution in [3.8, 4) is 0 Å². The molecular formula is C10H18. The van der Waals surface area contributed by atoms with Gasteiger partial charge in [-0.1, -0.05) is 26.3 Å². The summed E-state index contributed by atoms with van der Waals surface area (Å²) in [4.78, 5) is 0. The Hall–Kier alpha value is -0.260. The van der Waals surface area contributed by atoms with Crippen molar-refractivity contribution in [2.75, 3.05) is 0 Å². The molecule has 0 amide bonds. The van der Waals surface area contributed by atoms with Crippen molar-refractivity contribution in [3.63, 3.8) is 0 Å². The second kappa shape index (κ2) is 2.77. The van der Waals surface area contributed by atoms with E-state index in [2.05, 4.69) is 26.5 Å². The molecular weight excluding hydrogens is 120 g/mol. The van der Waals surface area contributed by atoms with Crippen LogP contribution in [0.5, 0.6) is 0 Å². The fraction of sp³-hybridized carbons (Fsp3) is 0.800. The number of hydrogen-bond acceptors (Lipinski definition) is 0. The van der Waals surface area contributed by atoms with Crippen molar-refractivity contribution in [2.45, 2.75) is 39.5 Å². The molecule has 0 aromatic heterocycles. The first kappa shape index (κ1) is 7.84. The first-order valence-corrected chi connectivity index (χ1v) is 4.27. The van der Waals surface area contributed by atoms with E-state index in [-0.39, 0.29) is 0 Å². The highest BCUT2D eigenvalue weighted by molar-refractivity contribution is 4.88. The molecule has 10 heavy (non-hydrogen) atoms. The van der Waals surface area contributed by atoms with Crippen LogP contribution in [0.3, 0.4) is 0 Å². The molecule has 0 nitrogen and oxygen atoms in total. The molecule has 0 saturated heterocycles. The highest BCUT2D eigenvalue weighted by Crippen LogP contribution is 2.38. The molecule has 0 radical (unpaired) electrons. The molecule has 1 aliphatic rings. The average molecular weight is 138 g/mol. The smallest absolute Gasteiger partial charge is 0.0231 e. The van der Waals surface area contributed by atoms with Crippen LogP contribution in [0.1, 0.15) is 39.5 Å². The first-order valence-electron chi connectivity index (χ1n) is 4.27. The predicted molar refractivity (Wildman–Crippen MR) is 45.9 cm³/mol. The summed E-state index contributed by atoms with van der Waals surface area (Å²) in [5, 5.41) is 0. The largest absolute Gasteiger partial charge is 0.103 e. The fourth-order valence-corrected chi connectivity index (χ4v) is 1.96. The standard InChI is InChI=1S/C10H18/c1-4-9-6-5-7-10(2,3)8-9/h4,9H,1,5-8H2,2-3H3. The topological polar surface area (TPSA) is 0 Å². The third-order valence-electron chi connectivity index (χ3n) is 2.58. The SMILES string of the molecule is C=CC1CCCC(C)(C)C1. The first-order chi connectivity index (χ1) is 4.64. The zero-order valence-corrected chi connectivity index (χ0v) is 7.19. The van der Waals surface area contributed by atoms with E-state index in [1.54, 1.807) is 0 Å². The maximum atomic E-state index is 3.85. The lowest BCUT2D eigenvalue weighted by molar-refractivity contribution is 0.206. The van der Waals surface area contributed by atoms with Gasteiger partial charge >= 0.3 is 0 Å². The highest BCUT2D eigenvalue weighted by Gasteiger charge is 2.25. The van der Waals surface area contributed by atoms with Crippen LogP contribution >= 0.6 is 0 Å². The van der Waals surface area contributed by atoms with Gasteiger partial charge in [0.15, 0.2) is 0 Å². The van der Waals surface area contributed by atoms with E-state index < -0.39 is 0 Å². The summed E-state index contributed by atoms with van der Waals surface area (Å²) in [5.41, 5.74) is 0.580. The van der Waals surface area contributed by atoms with Gasteiger partial charge < -0.3 is 0 Å². The van der Waals surface area contributed by atoms with Gasteiger partial charge in [-0.2, -0.15) is 0 Å². The maximum Gasteiger partial charge on any atom is -0.0231 e. The molecule has 0 heterocycles. The summed E-state index contributed by atoms with van der Waals surface area (Å²) >= 11 is 0. The third kappa shape index (κ3) is 1.86. The second-order valence-electron chi connectivity index (χ2n) is 4.26. The van der Waals surface area contributed by atoms with Crippen LogP contribution in [0, 0.1) is 11.3 Å². The van der Waals surface area contributed by atoms with E-state index in [4.69, 9.17) is 0 Å². The van der Waals surface area contributed by atoms with Crippen molar-refractivity contribution < 1.29 is 0 Å². The van der Waals surface area contributed by atoms with Gasteiger partial charge in [-0.25, -0.2) is 0 Å². The van der Waals surface area contributed by atoms with Gasteiger partial charge in [0, 0.05) is 0 Å². The van der Waals surface area contributed by atoms with E-state index in [0.29, 0.717) is 5.41 Å². The lowest BCUT2D eigenvalue weighted by Gasteiger charge is -2.33. The molecule has 58 valence electrons. The Balaban J connectivity index is 2.47. The zero-order valence-electron chi connectivity index (χ0n) is 7.19. The van der Waals surface area contributed by atoms with Crippen LogP contribution in [0.2, 0.25) is 0 Å². The Morgan fingerprint density at radius 2 is 2.20 bits per heavy atom. The summed E-state index contributed by atoms with van der Waals surface area (Å²) in [5.74, 6) is 0.795. The van der Waals surface area contributed by atoms with Gasteiger partial charge in [0.05, 0.1) is 0 Å². The molecule has 0 aromatic rings. The molecule has 0 N–H and O–H groups in total. The Morgan fingerprint density at radius 1 is 1.50 bits per heavy atom. The second-order valence-corrected chi connectivity index (χ2v) is 4.26. The number of allylic oxidation sites excluding steroid dienone is 1. The molecule has 0 aromatic carbocycles. The molecule has 1 atom stereocenters. The van der Waals surface area contributed by atoms with Gasteiger partial charge in [-0.3, -0.25) is 0 Å². The normalized spacial score (nSPS) is 31.6. The van der Waals surface area contributed by atoms with Gasteiger partial charge in [0.25, 0.3) is 0 Å².